The number of pyridine rings is 1. The number of rotatable bonds is 6. The number of nitrogens with one attached hydrogen (secondary N) is 2. The Morgan fingerprint density at radius 3 is 2.71 bits per heavy atom. The van der Waals surface area contributed by atoms with Crippen LogP contribution in [0.1, 0.15) is 16.0 Å². The number of aromatic nitrogens is 1. The highest BCUT2D eigenvalue weighted by Gasteiger charge is 2.19. The number of carbonyl (C=O) groups excluding carboxylic acids is 1. The van der Waals surface area contributed by atoms with Gasteiger partial charge in [0.15, 0.2) is 0 Å². The Kier molecular flexibility index (Phi) is 6.04. The van der Waals surface area contributed by atoms with Crippen molar-refractivity contribution in [2.24, 2.45) is 0 Å². The Hall–Kier alpha value is -3.58. The Balaban J connectivity index is 1.65. The molecule has 31 heavy (non-hydrogen) atoms. The zero-order valence-electron chi connectivity index (χ0n) is 17.3. The number of carbonyl (C=O) groups is 1. The number of anilines is 1. The van der Waals surface area contributed by atoms with E-state index in [1.54, 1.807) is 35.5 Å². The smallest absolute Gasteiger partial charge is 0.322 e. The van der Waals surface area contributed by atoms with Crippen LogP contribution in [0, 0.1) is 6.92 Å². The van der Waals surface area contributed by atoms with Crippen molar-refractivity contribution in [3.8, 4) is 5.75 Å². The number of ether oxygens (including phenoxy) is 1. The number of benzene rings is 2. The predicted octanol–water partition coefficient (Wildman–Crippen LogP) is 5.14. The fourth-order valence-corrected chi connectivity index (χ4v) is 4.15. The maximum atomic E-state index is 13.2. The molecule has 0 bridgehead atoms. The number of hydrogen-bond acceptors (Lipinski definition) is 4. The molecule has 0 atom stereocenters. The van der Waals surface area contributed by atoms with Crippen molar-refractivity contribution in [3.05, 3.63) is 92.4 Å². The van der Waals surface area contributed by atoms with Crippen molar-refractivity contribution in [3.63, 3.8) is 0 Å². The standard InChI is InChI=1S/C24H23N3O3S/c1-16-9-10-20-17(12-16)13-18(23(28)25-20)14-27(15-19-6-5-11-31-19)24(29)26-21-7-3-4-8-22(21)30-2/h3-13H,14-15H2,1-2H3,(H,25,28)(H,26,29). The highest BCUT2D eigenvalue weighted by molar-refractivity contribution is 7.09. The van der Waals surface area contributed by atoms with Gasteiger partial charge in [0.2, 0.25) is 0 Å². The third kappa shape index (κ3) is 4.78. The average molecular weight is 434 g/mol. The number of urea groups is 1. The second kappa shape index (κ2) is 9.06. The molecular formula is C24H23N3O3S. The van der Waals surface area contributed by atoms with Gasteiger partial charge in [-0.05, 0) is 54.1 Å². The molecular weight excluding hydrogens is 410 g/mol. The van der Waals surface area contributed by atoms with Crippen LogP contribution in [0.4, 0.5) is 10.5 Å². The van der Waals surface area contributed by atoms with Crippen LogP contribution in [-0.2, 0) is 13.1 Å². The van der Waals surface area contributed by atoms with Crippen LogP contribution in [0.3, 0.4) is 0 Å². The summed E-state index contributed by atoms with van der Waals surface area (Å²) < 4.78 is 5.34. The number of aromatic amines is 1. The van der Waals surface area contributed by atoms with Gasteiger partial charge in [0.1, 0.15) is 5.75 Å². The second-order valence-electron chi connectivity index (χ2n) is 7.28. The quantitative estimate of drug-likeness (QED) is 0.442. The highest BCUT2D eigenvalue weighted by atomic mass is 32.1. The summed E-state index contributed by atoms with van der Waals surface area (Å²) in [4.78, 5) is 31.5. The van der Waals surface area contributed by atoms with Crippen molar-refractivity contribution in [2.75, 3.05) is 12.4 Å². The van der Waals surface area contributed by atoms with E-state index >= 15 is 0 Å². The van der Waals surface area contributed by atoms with Crippen LogP contribution >= 0.6 is 11.3 Å². The number of aryl methyl sites for hydroxylation is 1. The molecule has 2 amide bonds. The molecule has 2 aromatic heterocycles. The van der Waals surface area contributed by atoms with E-state index in [-0.39, 0.29) is 18.1 Å². The zero-order chi connectivity index (χ0) is 21.8. The van der Waals surface area contributed by atoms with Crippen LogP contribution in [0.25, 0.3) is 10.9 Å². The maximum Gasteiger partial charge on any atom is 0.322 e. The van der Waals surface area contributed by atoms with Crippen LogP contribution in [0.15, 0.2) is 70.8 Å². The Morgan fingerprint density at radius 2 is 1.94 bits per heavy atom. The van der Waals surface area contributed by atoms with Gasteiger partial charge in [-0.3, -0.25) is 4.79 Å². The zero-order valence-corrected chi connectivity index (χ0v) is 18.2. The fourth-order valence-electron chi connectivity index (χ4n) is 3.43. The molecule has 4 aromatic rings. The van der Waals surface area contributed by atoms with E-state index in [2.05, 4.69) is 10.3 Å². The first kappa shape index (κ1) is 20.7. The van der Waals surface area contributed by atoms with Gasteiger partial charge in [-0.1, -0.05) is 29.8 Å². The predicted molar refractivity (Wildman–Crippen MR) is 125 cm³/mol. The lowest BCUT2D eigenvalue weighted by Gasteiger charge is -2.23. The molecule has 0 aliphatic carbocycles. The fraction of sp³-hybridized carbons (Fsp3) is 0.167. The highest BCUT2D eigenvalue weighted by Crippen LogP contribution is 2.24. The summed E-state index contributed by atoms with van der Waals surface area (Å²) in [6, 6.07) is 18.6. The van der Waals surface area contributed by atoms with Gasteiger partial charge in [0.05, 0.1) is 25.9 Å². The molecule has 2 N–H and O–H groups in total. The lowest BCUT2D eigenvalue weighted by molar-refractivity contribution is 0.206. The van der Waals surface area contributed by atoms with Crippen molar-refractivity contribution < 1.29 is 9.53 Å². The third-order valence-electron chi connectivity index (χ3n) is 5.00. The molecule has 4 rings (SSSR count). The van der Waals surface area contributed by atoms with Crippen molar-refractivity contribution in [2.45, 2.75) is 20.0 Å². The Morgan fingerprint density at radius 1 is 1.10 bits per heavy atom. The first-order valence-corrected chi connectivity index (χ1v) is 10.8. The third-order valence-corrected chi connectivity index (χ3v) is 5.86. The molecule has 0 radical (unpaired) electrons. The number of thiophene rings is 1. The molecule has 0 saturated carbocycles. The number of amides is 2. The minimum absolute atomic E-state index is 0.179. The minimum atomic E-state index is -0.304. The van der Waals surface area contributed by atoms with Gasteiger partial charge in [-0.2, -0.15) is 0 Å². The Labute approximate surface area is 184 Å². The van der Waals surface area contributed by atoms with E-state index in [4.69, 9.17) is 4.74 Å². The van der Waals surface area contributed by atoms with Gasteiger partial charge in [-0.25, -0.2) is 4.79 Å². The molecule has 6 nitrogen and oxygen atoms in total. The van der Waals surface area contributed by atoms with Gasteiger partial charge in [0.25, 0.3) is 5.56 Å². The summed E-state index contributed by atoms with van der Waals surface area (Å²) in [5, 5.41) is 5.82. The molecule has 0 fully saturated rings. The van der Waals surface area contributed by atoms with Crippen LogP contribution in [0.2, 0.25) is 0 Å². The molecule has 0 aliphatic rings. The summed E-state index contributed by atoms with van der Waals surface area (Å²) in [6.07, 6.45) is 0. The summed E-state index contributed by atoms with van der Waals surface area (Å²) in [5.74, 6) is 0.575. The molecule has 0 unspecified atom stereocenters. The first-order chi connectivity index (χ1) is 15.0. The topological polar surface area (TPSA) is 74.4 Å². The largest absolute Gasteiger partial charge is 0.495 e. The summed E-state index contributed by atoms with van der Waals surface area (Å²) in [6.45, 7) is 2.58. The van der Waals surface area contributed by atoms with Crippen molar-refractivity contribution in [1.82, 2.24) is 9.88 Å². The SMILES string of the molecule is COc1ccccc1NC(=O)N(Cc1cccs1)Cc1cc2cc(C)ccc2[nH]c1=O. The van der Waals surface area contributed by atoms with E-state index in [0.29, 0.717) is 23.5 Å². The molecule has 0 spiro atoms. The minimum Gasteiger partial charge on any atom is -0.495 e. The van der Waals surface area contributed by atoms with Crippen LogP contribution in [0.5, 0.6) is 5.75 Å². The summed E-state index contributed by atoms with van der Waals surface area (Å²) in [7, 11) is 1.56. The summed E-state index contributed by atoms with van der Waals surface area (Å²) in [5.41, 5.74) is 2.80. The van der Waals surface area contributed by atoms with Gasteiger partial charge >= 0.3 is 6.03 Å². The molecule has 7 heteroatoms. The first-order valence-electron chi connectivity index (χ1n) is 9.87. The number of nitrogens with zero attached hydrogens (tertiary/aromatic N) is 1. The normalized spacial score (nSPS) is 10.8. The lowest BCUT2D eigenvalue weighted by Crippen LogP contribution is -2.35. The monoisotopic (exact) mass is 433 g/mol. The lowest BCUT2D eigenvalue weighted by atomic mass is 10.1. The molecule has 158 valence electrons. The van der Waals surface area contributed by atoms with Crippen LogP contribution < -0.4 is 15.6 Å². The number of para-hydroxylation sites is 2. The second-order valence-corrected chi connectivity index (χ2v) is 8.31. The van der Waals surface area contributed by atoms with Gasteiger partial charge in [-0.15, -0.1) is 11.3 Å². The van der Waals surface area contributed by atoms with E-state index in [1.807, 2.05) is 60.8 Å². The average Bonchev–Trinajstić information content (AvgIpc) is 3.27. The number of H-pyrrole nitrogens is 1. The number of methoxy groups -OCH3 is 1. The van der Waals surface area contributed by atoms with Crippen LogP contribution in [-0.4, -0.2) is 23.0 Å². The number of fused-ring (bicyclic) bond motifs is 1. The van der Waals surface area contributed by atoms with E-state index in [9.17, 15) is 9.59 Å². The molecule has 2 heterocycles. The molecule has 2 aromatic carbocycles. The molecule has 0 saturated heterocycles. The van der Waals surface area contributed by atoms with E-state index in [0.717, 1.165) is 21.3 Å². The maximum absolute atomic E-state index is 13.2. The summed E-state index contributed by atoms with van der Waals surface area (Å²) >= 11 is 1.57. The number of hydrogen-bond donors (Lipinski definition) is 2. The van der Waals surface area contributed by atoms with Crippen molar-refractivity contribution >= 4 is 34.0 Å². The van der Waals surface area contributed by atoms with Gasteiger partial charge in [0, 0.05) is 16.0 Å². The molecule has 0 aliphatic heterocycles. The van der Waals surface area contributed by atoms with Gasteiger partial charge < -0.3 is 19.9 Å². The van der Waals surface area contributed by atoms with E-state index < -0.39 is 0 Å². The Bertz CT molecular complexity index is 1260. The van der Waals surface area contributed by atoms with Crippen molar-refractivity contribution in [1.29, 1.82) is 0 Å². The van der Waals surface area contributed by atoms with E-state index in [1.165, 1.54) is 0 Å².